The number of hydrazine groups is 1. The second kappa shape index (κ2) is 5.56. The summed E-state index contributed by atoms with van der Waals surface area (Å²) in [5.41, 5.74) is 6.64. The fraction of sp³-hybridized carbons (Fsp3) is 0.0667. The van der Waals surface area contributed by atoms with Crippen LogP contribution in [0.4, 0.5) is 0 Å². The van der Waals surface area contributed by atoms with E-state index in [1.54, 1.807) is 30.3 Å². The Morgan fingerprint density at radius 3 is 3.00 bits per heavy atom. The van der Waals surface area contributed by atoms with Crippen molar-refractivity contribution in [3.05, 3.63) is 69.7 Å². The number of carbonyl (C=O) groups excluding carboxylic acids is 2. The molecule has 1 unspecified atom stereocenters. The third-order valence-corrected chi connectivity index (χ3v) is 3.44. The highest BCUT2D eigenvalue weighted by Crippen LogP contribution is 2.26. The molecule has 3 rings (SSSR count). The number of benzene rings is 1. The second-order valence-electron chi connectivity index (χ2n) is 4.33. The molecular weight excluding hydrogens is 336 g/mol. The summed E-state index contributed by atoms with van der Waals surface area (Å²) in [5, 5.41) is 0. The molecule has 0 bridgehead atoms. The number of rotatable bonds is 3. The van der Waals surface area contributed by atoms with E-state index in [9.17, 15) is 9.59 Å². The molecule has 0 fully saturated rings. The summed E-state index contributed by atoms with van der Waals surface area (Å²) in [6.07, 6.45) is -0.727. The molecule has 6 heteroatoms. The van der Waals surface area contributed by atoms with Gasteiger partial charge >= 0.3 is 5.97 Å². The number of halogens is 1. The van der Waals surface area contributed by atoms with Crippen LogP contribution < -0.4 is 10.9 Å². The standard InChI is InChI=1S/C15H9BrN2O3/c16-10-5-3-4-9(8-10)13(19)17-18-14-11-6-1-2-7-12(11)15(20)21-14/h1,3-6,8,14,18H,(H,17,19). The van der Waals surface area contributed by atoms with E-state index < -0.39 is 12.2 Å². The highest BCUT2D eigenvalue weighted by Gasteiger charge is 2.31. The van der Waals surface area contributed by atoms with Gasteiger partial charge in [0.15, 0.2) is 6.23 Å². The predicted octanol–water partition coefficient (Wildman–Crippen LogP) is 2.15. The highest BCUT2D eigenvalue weighted by atomic mass is 79.9. The Balaban J connectivity index is 1.69. The van der Waals surface area contributed by atoms with Crippen LogP contribution in [0.2, 0.25) is 0 Å². The number of amides is 1. The number of hydrogen-bond acceptors (Lipinski definition) is 4. The topological polar surface area (TPSA) is 67.4 Å². The van der Waals surface area contributed by atoms with Gasteiger partial charge in [0.25, 0.3) is 5.91 Å². The van der Waals surface area contributed by atoms with E-state index in [0.717, 1.165) is 4.47 Å². The molecule has 2 N–H and O–H groups in total. The van der Waals surface area contributed by atoms with E-state index >= 15 is 0 Å². The van der Waals surface area contributed by atoms with Gasteiger partial charge in [0.05, 0.1) is 0 Å². The van der Waals surface area contributed by atoms with Gasteiger partial charge in [-0.15, -0.1) is 0 Å². The lowest BCUT2D eigenvalue weighted by Crippen LogP contribution is -2.40. The van der Waals surface area contributed by atoms with Crippen LogP contribution in [0.1, 0.15) is 32.5 Å². The number of fused-ring (bicyclic) bond motifs is 1. The maximum Gasteiger partial charge on any atom is 0.349 e. The number of nitrogens with one attached hydrogen (secondary N) is 2. The van der Waals surface area contributed by atoms with E-state index in [0.29, 0.717) is 16.7 Å². The average molecular weight is 345 g/mol. The number of ether oxygens (including phenoxy) is 1. The summed E-state index contributed by atoms with van der Waals surface area (Å²) in [7, 11) is 0. The lowest BCUT2D eigenvalue weighted by molar-refractivity contribution is 0.0261. The predicted molar refractivity (Wildman–Crippen MR) is 77.0 cm³/mol. The van der Waals surface area contributed by atoms with Crippen LogP contribution in [0.5, 0.6) is 0 Å². The van der Waals surface area contributed by atoms with Gasteiger partial charge in [-0.2, -0.15) is 5.43 Å². The molecule has 1 amide bonds. The van der Waals surface area contributed by atoms with Gasteiger partial charge in [-0.25, -0.2) is 4.79 Å². The van der Waals surface area contributed by atoms with Crippen molar-refractivity contribution in [3.8, 4) is 0 Å². The van der Waals surface area contributed by atoms with Gasteiger partial charge in [0.1, 0.15) is 5.56 Å². The van der Waals surface area contributed by atoms with Crippen molar-refractivity contribution in [3.63, 3.8) is 0 Å². The van der Waals surface area contributed by atoms with Gasteiger partial charge in [-0.05, 0) is 30.3 Å². The lowest BCUT2D eigenvalue weighted by Gasteiger charge is -2.13. The molecule has 0 spiro atoms. The molecule has 0 aliphatic carbocycles. The van der Waals surface area contributed by atoms with E-state index in [2.05, 4.69) is 38.9 Å². The van der Waals surface area contributed by atoms with E-state index in [4.69, 9.17) is 4.74 Å². The molecule has 0 saturated carbocycles. The minimum absolute atomic E-state index is 0.326. The molecule has 5 nitrogen and oxygen atoms in total. The smallest absolute Gasteiger partial charge is 0.349 e. The first-order valence-electron chi connectivity index (χ1n) is 6.10. The molecule has 1 aliphatic heterocycles. The van der Waals surface area contributed by atoms with Crippen molar-refractivity contribution < 1.29 is 14.3 Å². The Bertz CT molecular complexity index is 718. The molecule has 21 heavy (non-hydrogen) atoms. The fourth-order valence-electron chi connectivity index (χ4n) is 1.96. The number of esters is 1. The molecule has 104 valence electrons. The lowest BCUT2D eigenvalue weighted by atomic mass is 10.1. The minimum Gasteiger partial charge on any atom is -0.436 e. The van der Waals surface area contributed by atoms with Crippen LogP contribution >= 0.6 is 15.9 Å². The Labute approximate surface area is 129 Å². The third kappa shape index (κ3) is 2.75. The van der Waals surface area contributed by atoms with Crippen LogP contribution in [0, 0.1) is 12.1 Å². The molecule has 0 aromatic heterocycles. The normalized spacial score (nSPS) is 15.9. The van der Waals surface area contributed by atoms with Crippen molar-refractivity contribution >= 4 is 27.8 Å². The van der Waals surface area contributed by atoms with Crippen LogP contribution in [-0.2, 0) is 4.74 Å². The fourth-order valence-corrected chi connectivity index (χ4v) is 2.36. The Kier molecular flexibility index (Phi) is 3.60. The van der Waals surface area contributed by atoms with Gasteiger partial charge in [-0.3, -0.25) is 10.2 Å². The van der Waals surface area contributed by atoms with Crippen molar-refractivity contribution in [1.82, 2.24) is 10.9 Å². The molecule has 1 atom stereocenters. The summed E-state index contributed by atoms with van der Waals surface area (Å²) >= 11 is 3.30. The molecule has 1 heterocycles. The van der Waals surface area contributed by atoms with Crippen LogP contribution in [-0.4, -0.2) is 11.9 Å². The monoisotopic (exact) mass is 344 g/mol. The third-order valence-electron chi connectivity index (χ3n) is 2.95. The minimum atomic E-state index is -0.727. The first-order valence-corrected chi connectivity index (χ1v) is 6.89. The average Bonchev–Trinajstić information content (AvgIpc) is 2.82. The summed E-state index contributed by atoms with van der Waals surface area (Å²) < 4.78 is 5.92. The Morgan fingerprint density at radius 2 is 2.19 bits per heavy atom. The van der Waals surface area contributed by atoms with Crippen molar-refractivity contribution in [2.45, 2.75) is 6.23 Å². The van der Waals surface area contributed by atoms with Crippen molar-refractivity contribution in [2.24, 2.45) is 0 Å². The first-order chi connectivity index (χ1) is 10.1. The summed E-state index contributed by atoms with van der Waals surface area (Å²) in [6, 6.07) is 15.7. The van der Waals surface area contributed by atoms with E-state index in [1.165, 1.54) is 0 Å². The number of cyclic esters (lactones) is 1. The maximum absolute atomic E-state index is 12.0. The zero-order valence-corrected chi connectivity index (χ0v) is 12.2. The second-order valence-corrected chi connectivity index (χ2v) is 5.24. The molecule has 1 aliphatic rings. The summed E-state index contributed by atoms with van der Waals surface area (Å²) in [4.78, 5) is 23.6. The SMILES string of the molecule is O=C(NNC1OC(=O)c2c#cccc21)c1cccc(Br)c1. The van der Waals surface area contributed by atoms with Crippen LogP contribution in [0.25, 0.3) is 0 Å². The summed E-state index contributed by atoms with van der Waals surface area (Å²) in [6.45, 7) is 0. The van der Waals surface area contributed by atoms with Crippen LogP contribution in [0.3, 0.4) is 0 Å². The highest BCUT2D eigenvalue weighted by molar-refractivity contribution is 9.10. The maximum atomic E-state index is 12.0. The van der Waals surface area contributed by atoms with E-state index in [-0.39, 0.29) is 5.91 Å². The summed E-state index contributed by atoms with van der Waals surface area (Å²) in [5.74, 6) is -0.816. The van der Waals surface area contributed by atoms with Gasteiger partial charge in [0, 0.05) is 15.6 Å². The molecule has 2 aromatic rings. The number of carbonyl (C=O) groups is 2. The molecule has 0 saturated heterocycles. The first kappa shape index (κ1) is 13.6. The molecular formula is C15H9BrN2O3. The van der Waals surface area contributed by atoms with Crippen molar-refractivity contribution in [2.75, 3.05) is 0 Å². The Morgan fingerprint density at radius 1 is 1.33 bits per heavy atom. The molecule has 0 radical (unpaired) electrons. The number of hydrogen-bond donors (Lipinski definition) is 2. The zero-order valence-electron chi connectivity index (χ0n) is 10.6. The van der Waals surface area contributed by atoms with Gasteiger partial charge in [0.2, 0.25) is 0 Å². The molecule has 2 aromatic carbocycles. The zero-order chi connectivity index (χ0) is 14.8. The quantitative estimate of drug-likeness (QED) is 0.661. The van der Waals surface area contributed by atoms with Crippen LogP contribution in [0.15, 0.2) is 40.9 Å². The van der Waals surface area contributed by atoms with Gasteiger partial charge in [-0.1, -0.05) is 34.1 Å². The Hall–Kier alpha value is -2.36. The van der Waals surface area contributed by atoms with Crippen molar-refractivity contribution in [1.29, 1.82) is 0 Å². The van der Waals surface area contributed by atoms with E-state index in [1.807, 2.05) is 6.07 Å². The largest absolute Gasteiger partial charge is 0.436 e. The van der Waals surface area contributed by atoms with Gasteiger partial charge < -0.3 is 4.74 Å².